The van der Waals surface area contributed by atoms with Crippen molar-refractivity contribution in [2.75, 3.05) is 0 Å². The van der Waals surface area contributed by atoms with Crippen LogP contribution in [-0.2, 0) is 65.3 Å². The van der Waals surface area contributed by atoms with Gasteiger partial charge in [-0.1, -0.05) is 94.1 Å². The molecule has 0 unspecified atom stereocenters. The van der Waals surface area contributed by atoms with E-state index in [9.17, 15) is 87.8 Å². The fraction of sp³-hybridized carbons (Fsp3) is 0.500. The Kier molecular flexibility index (Phi) is 27.7. The number of fused-ring (bicyclic) bond motifs is 4. The second-order valence-corrected chi connectivity index (χ2v) is 68.9. The zero-order valence-electron chi connectivity index (χ0n) is 55.8. The van der Waals surface area contributed by atoms with E-state index in [1.807, 2.05) is 55.4 Å². The van der Waals surface area contributed by atoms with Gasteiger partial charge in [-0.25, -0.2) is 87.8 Å². The van der Waals surface area contributed by atoms with Gasteiger partial charge in [0.05, 0.1) is 43.0 Å². The fourth-order valence-electron chi connectivity index (χ4n) is 12.8. The average molecular weight is 1790 g/mol. The summed E-state index contributed by atoms with van der Waals surface area (Å²) in [5, 5.41) is -0.00454. The van der Waals surface area contributed by atoms with E-state index in [0.717, 1.165) is 73.7 Å². The van der Waals surface area contributed by atoms with E-state index in [1.54, 1.807) is 0 Å². The lowest BCUT2D eigenvalue weighted by Crippen LogP contribution is -2.40. The Morgan fingerprint density at radius 2 is 0.538 bits per heavy atom. The summed E-state index contributed by atoms with van der Waals surface area (Å²) in [5.41, 5.74) is 3.05. The van der Waals surface area contributed by atoms with E-state index in [1.165, 1.54) is 45.5 Å². The van der Waals surface area contributed by atoms with Crippen LogP contribution in [0.2, 0.25) is 0 Å². The third kappa shape index (κ3) is 17.9. The van der Waals surface area contributed by atoms with Gasteiger partial charge >= 0.3 is 0 Å². The smallest absolute Gasteiger partial charge is 0.200 e. The van der Waals surface area contributed by atoms with Crippen molar-refractivity contribution in [1.29, 1.82) is 0 Å². The molecule has 0 spiro atoms. The van der Waals surface area contributed by atoms with Crippen LogP contribution < -0.4 is 0 Å². The Morgan fingerprint density at radius 1 is 0.337 bits per heavy atom. The van der Waals surface area contributed by atoms with Gasteiger partial charge in [-0.3, -0.25) is 0 Å². The largest absolute Gasteiger partial charge is 0.329 e. The van der Waals surface area contributed by atoms with Crippen molar-refractivity contribution in [3.05, 3.63) is 165 Å². The molecule has 0 aromatic heterocycles. The second-order valence-electron chi connectivity index (χ2n) is 27.0. The lowest BCUT2D eigenvalue weighted by molar-refractivity contribution is 0.0693. The molecule has 16 atom stereocenters. The van der Waals surface area contributed by atoms with E-state index in [4.69, 9.17) is 65.3 Å². The Hall–Kier alpha value is -0.320. The summed E-state index contributed by atoms with van der Waals surface area (Å²) < 4.78 is 284. The van der Waals surface area contributed by atoms with Crippen LogP contribution in [0.1, 0.15) is 132 Å². The highest BCUT2D eigenvalue weighted by molar-refractivity contribution is 9.01. The number of halogens is 20. The molecule has 4 saturated heterocycles. The first kappa shape index (κ1) is 87.6. The summed E-state index contributed by atoms with van der Waals surface area (Å²) in [7, 11) is 0. The summed E-state index contributed by atoms with van der Waals surface area (Å²) >= 11 is 29.1. The van der Waals surface area contributed by atoms with Crippen LogP contribution in [0.25, 0.3) is 0 Å². The molecular weight excluding hydrogens is 1720 g/mol. The third-order valence-electron chi connectivity index (χ3n) is 19.3. The fourth-order valence-corrected chi connectivity index (χ4v) is 58.3. The molecule has 4 heterocycles. The Balaban J connectivity index is 0.000000161. The highest BCUT2D eigenvalue weighted by Crippen LogP contribution is 2.86. The van der Waals surface area contributed by atoms with Crippen molar-refractivity contribution in [3.63, 3.8) is 0 Å². The molecule has 4 aromatic rings. The van der Waals surface area contributed by atoms with Gasteiger partial charge in [-0.05, 0) is 249 Å². The molecule has 8 fully saturated rings. The molecule has 576 valence electrons. The standard InChI is InChI=1S/4C16H16F5OPS3/c2*1-7(2)8-4-5-16(3)9(6-8)25-23(24,22-16)26-15-13(20)11(18)10(17)12(19)14(15)21;2*1-7(2)8-4-5-16(3)9(6-8)22-23(24,26-16)25-15-13(20)11(18)10(17)12(19)14(15)21/h4*8-9H,1,4-6H2,2-3H3/t4*8-,9+,16+,23-/m1010/s1. The van der Waals surface area contributed by atoms with E-state index in [2.05, 4.69) is 26.3 Å². The Morgan fingerprint density at radius 3 is 0.769 bits per heavy atom. The summed E-state index contributed by atoms with van der Waals surface area (Å²) in [5.74, 6) is -38.2. The van der Waals surface area contributed by atoms with Crippen LogP contribution in [-0.4, -0.2) is 43.4 Å². The predicted molar refractivity (Wildman–Crippen MR) is 398 cm³/mol. The molecule has 8 aliphatic rings. The molecule has 4 aliphatic heterocycles. The van der Waals surface area contributed by atoms with E-state index < -0.39 is 166 Å². The van der Waals surface area contributed by atoms with E-state index >= 15 is 0 Å². The van der Waals surface area contributed by atoms with Crippen molar-refractivity contribution >= 4 is 157 Å². The van der Waals surface area contributed by atoms with E-state index in [-0.39, 0.29) is 44.0 Å². The molecule has 0 bridgehead atoms. The monoisotopic (exact) mass is 1780 g/mol. The molecule has 12 rings (SSSR count). The normalized spacial score (nSPS) is 34.0. The summed E-state index contributed by atoms with van der Waals surface area (Å²) in [4.78, 5) is -3.85. The number of hydrogen-bond donors (Lipinski definition) is 0. The second kappa shape index (κ2) is 32.9. The molecule has 4 aromatic carbocycles. The lowest BCUT2D eigenvalue weighted by Gasteiger charge is -2.37. The van der Waals surface area contributed by atoms with Crippen LogP contribution in [0.3, 0.4) is 0 Å². The van der Waals surface area contributed by atoms with Crippen molar-refractivity contribution in [1.82, 2.24) is 0 Å². The number of hydrogen-bond acceptors (Lipinski definition) is 16. The minimum atomic E-state index is -2.93. The molecule has 4 nitrogen and oxygen atoms in total. The first-order chi connectivity index (χ1) is 47.9. The van der Waals surface area contributed by atoms with Crippen LogP contribution >= 0.6 is 110 Å². The first-order valence-electron chi connectivity index (χ1n) is 31.3. The quantitative estimate of drug-likeness (QED) is 0.0444. The minimum absolute atomic E-state index is 0.00227. The predicted octanol–water partition coefficient (Wildman–Crippen LogP) is 27.9. The summed E-state index contributed by atoms with van der Waals surface area (Å²) in [6.45, 7) is 31.4. The molecule has 104 heavy (non-hydrogen) atoms. The van der Waals surface area contributed by atoms with Crippen LogP contribution in [0.4, 0.5) is 87.8 Å². The number of benzene rings is 4. The summed E-state index contributed by atoms with van der Waals surface area (Å²) in [6.07, 6.45) is 8.98. The van der Waals surface area contributed by atoms with Gasteiger partial charge in [-0.15, -0.1) is 0 Å². The van der Waals surface area contributed by atoms with Gasteiger partial charge in [0.1, 0.15) is 0 Å². The molecule has 4 aliphatic carbocycles. The minimum Gasteiger partial charge on any atom is -0.329 e. The maximum Gasteiger partial charge on any atom is 0.200 e. The third-order valence-corrected chi connectivity index (χ3v) is 55.1. The van der Waals surface area contributed by atoms with Crippen LogP contribution in [0.15, 0.2) is 68.2 Å². The highest BCUT2D eigenvalue weighted by Gasteiger charge is 2.58. The zero-order chi connectivity index (χ0) is 77.8. The molecular formula is C64H64F20O4P4S12. The number of rotatable bonds is 12. The SMILES string of the molecule is C=C(C)[C@@H]1CC[C@]2(C)O[P@](=S)(Sc3c(F)c(F)c(F)c(F)c3F)S[C@H]2C1.C=C(C)[C@@H]1CC[C@]2(C)S[P@](=S)(Sc3c(F)c(F)c(F)c(F)c3F)O[C@H]2C1.C=C(C)[C@H]1CC[C@@]2(C)O[P@@](=S)(Sc3c(F)c(F)c(F)c(F)c3F)S[C@@H]2C1.C=C(C)[C@H]1CC[C@@]2(C)S[P@@](=S)(Sc3c(F)c(F)c(F)c(F)c3F)O[C@@H]2C1. The van der Waals surface area contributed by atoms with Gasteiger partial charge in [0.2, 0.25) is 23.3 Å². The highest BCUT2D eigenvalue weighted by atomic mass is 33.3. The van der Waals surface area contributed by atoms with Crippen molar-refractivity contribution in [3.8, 4) is 0 Å². The maximum absolute atomic E-state index is 14.0. The molecule has 40 heteroatoms. The van der Waals surface area contributed by atoms with Crippen molar-refractivity contribution in [2.24, 2.45) is 23.7 Å². The summed E-state index contributed by atoms with van der Waals surface area (Å²) in [6, 6.07) is 0. The zero-order valence-corrected chi connectivity index (χ0v) is 69.2. The van der Waals surface area contributed by atoms with Gasteiger partial charge in [0.25, 0.3) is 0 Å². The van der Waals surface area contributed by atoms with Gasteiger partial charge in [0, 0.05) is 20.0 Å². The van der Waals surface area contributed by atoms with Crippen molar-refractivity contribution in [2.45, 2.75) is 195 Å². The Bertz CT molecular complexity index is 3760. The molecule has 4 saturated carbocycles. The van der Waals surface area contributed by atoms with E-state index in [0.29, 0.717) is 83.0 Å². The molecule has 0 amide bonds. The number of allylic oxidation sites excluding steroid dienone is 4. The van der Waals surface area contributed by atoms with Crippen molar-refractivity contribution < 1.29 is 106 Å². The van der Waals surface area contributed by atoms with Gasteiger partial charge in [0.15, 0.2) is 112 Å². The maximum atomic E-state index is 14.0. The first-order valence-corrected chi connectivity index (χ1v) is 53.7. The topological polar surface area (TPSA) is 36.9 Å². The molecule has 0 N–H and O–H groups in total. The van der Waals surface area contributed by atoms with Gasteiger partial charge < -0.3 is 18.1 Å². The molecule has 0 radical (unpaired) electrons. The van der Waals surface area contributed by atoms with Crippen LogP contribution in [0, 0.1) is 140 Å². The lowest BCUT2D eigenvalue weighted by atomic mass is 9.77. The van der Waals surface area contributed by atoms with Crippen LogP contribution in [0.5, 0.6) is 0 Å². The van der Waals surface area contributed by atoms with Gasteiger partial charge in [-0.2, -0.15) is 0 Å². The Labute approximate surface area is 641 Å². The average Bonchev–Trinajstić information content (AvgIpc) is 1.60.